The van der Waals surface area contributed by atoms with E-state index in [1.54, 1.807) is 12.1 Å². The molecule has 94 valence electrons. The highest BCUT2D eigenvalue weighted by atomic mass is 19.1. The second kappa shape index (κ2) is 6.98. The Morgan fingerprint density at radius 2 is 2.18 bits per heavy atom. The van der Waals surface area contributed by atoms with Gasteiger partial charge in [0.25, 0.3) is 0 Å². The minimum absolute atomic E-state index is 0.0476. The zero-order valence-electron chi connectivity index (χ0n) is 9.74. The van der Waals surface area contributed by atoms with Crippen molar-refractivity contribution >= 4 is 11.6 Å². The minimum Gasteiger partial charge on any atom is -0.396 e. The van der Waals surface area contributed by atoms with Crippen molar-refractivity contribution in [1.29, 1.82) is 0 Å². The van der Waals surface area contributed by atoms with Crippen LogP contribution in [0.4, 0.5) is 10.1 Å². The van der Waals surface area contributed by atoms with E-state index in [9.17, 15) is 9.18 Å². The predicted octanol–water partition coefficient (Wildman–Crippen LogP) is 1.12. The van der Waals surface area contributed by atoms with Gasteiger partial charge >= 0.3 is 0 Å². The predicted molar refractivity (Wildman–Crippen MR) is 64.2 cm³/mol. The number of hydrogen-bond donors (Lipinski definition) is 3. The van der Waals surface area contributed by atoms with E-state index in [1.165, 1.54) is 12.1 Å². The van der Waals surface area contributed by atoms with Gasteiger partial charge in [-0.2, -0.15) is 0 Å². The number of aliphatic hydroxyl groups is 1. The maximum Gasteiger partial charge on any atom is 0.238 e. The zero-order valence-corrected chi connectivity index (χ0v) is 9.74. The summed E-state index contributed by atoms with van der Waals surface area (Å²) in [7, 11) is 0. The molecule has 0 radical (unpaired) electrons. The molecule has 1 rings (SSSR count). The second-order valence-corrected chi connectivity index (χ2v) is 3.82. The number of carbonyl (C=O) groups is 1. The molecule has 0 aliphatic carbocycles. The monoisotopic (exact) mass is 240 g/mol. The smallest absolute Gasteiger partial charge is 0.238 e. The first-order chi connectivity index (χ1) is 8.13. The number of halogens is 1. The zero-order chi connectivity index (χ0) is 12.7. The van der Waals surface area contributed by atoms with E-state index in [0.29, 0.717) is 6.42 Å². The maximum atomic E-state index is 13.2. The van der Waals surface area contributed by atoms with Gasteiger partial charge in [0.2, 0.25) is 5.91 Å². The first-order valence-electron chi connectivity index (χ1n) is 5.52. The van der Waals surface area contributed by atoms with Gasteiger partial charge in [-0.1, -0.05) is 12.1 Å². The van der Waals surface area contributed by atoms with Crippen LogP contribution in [-0.2, 0) is 4.79 Å². The van der Waals surface area contributed by atoms with Crippen LogP contribution in [0.15, 0.2) is 24.3 Å². The molecule has 5 heteroatoms. The standard InChI is InChI=1S/C12H17FN2O2/c1-9(6-7-16)14-8-12(17)15-11-5-3-2-4-10(11)13/h2-5,9,14,16H,6-8H2,1H3,(H,15,17). The summed E-state index contributed by atoms with van der Waals surface area (Å²) in [6.45, 7) is 2.03. The fraction of sp³-hybridized carbons (Fsp3) is 0.417. The molecule has 0 aliphatic heterocycles. The number of hydrogen-bond acceptors (Lipinski definition) is 3. The van der Waals surface area contributed by atoms with Crippen LogP contribution in [0.1, 0.15) is 13.3 Å². The van der Waals surface area contributed by atoms with Crippen molar-refractivity contribution in [3.8, 4) is 0 Å². The van der Waals surface area contributed by atoms with Gasteiger partial charge in [-0.3, -0.25) is 4.79 Å². The quantitative estimate of drug-likeness (QED) is 0.698. The fourth-order valence-electron chi connectivity index (χ4n) is 1.32. The van der Waals surface area contributed by atoms with Gasteiger partial charge in [-0.05, 0) is 25.5 Å². The average molecular weight is 240 g/mol. The molecule has 0 bridgehead atoms. The summed E-state index contributed by atoms with van der Waals surface area (Å²) in [4.78, 5) is 11.5. The first-order valence-corrected chi connectivity index (χ1v) is 5.52. The summed E-state index contributed by atoms with van der Waals surface area (Å²) in [5, 5.41) is 14.1. The largest absolute Gasteiger partial charge is 0.396 e. The minimum atomic E-state index is -0.454. The number of carbonyl (C=O) groups excluding carboxylic acids is 1. The lowest BCUT2D eigenvalue weighted by Gasteiger charge is -2.12. The van der Waals surface area contributed by atoms with E-state index in [2.05, 4.69) is 10.6 Å². The Kier molecular flexibility index (Phi) is 5.59. The molecule has 17 heavy (non-hydrogen) atoms. The third kappa shape index (κ3) is 4.93. The number of anilines is 1. The first kappa shape index (κ1) is 13.6. The molecular formula is C12H17FN2O2. The third-order valence-corrected chi connectivity index (χ3v) is 2.32. The van der Waals surface area contributed by atoms with Crippen molar-refractivity contribution < 1.29 is 14.3 Å². The van der Waals surface area contributed by atoms with Gasteiger partial charge in [-0.25, -0.2) is 4.39 Å². The summed E-state index contributed by atoms with van der Waals surface area (Å²) >= 11 is 0. The topological polar surface area (TPSA) is 61.4 Å². The third-order valence-electron chi connectivity index (χ3n) is 2.32. The van der Waals surface area contributed by atoms with Crippen LogP contribution >= 0.6 is 0 Å². The van der Waals surface area contributed by atoms with Crippen molar-refractivity contribution in [1.82, 2.24) is 5.32 Å². The lowest BCUT2D eigenvalue weighted by Crippen LogP contribution is -2.35. The summed E-state index contributed by atoms with van der Waals surface area (Å²) < 4.78 is 13.2. The van der Waals surface area contributed by atoms with Gasteiger partial charge in [-0.15, -0.1) is 0 Å². The van der Waals surface area contributed by atoms with Crippen molar-refractivity contribution in [2.24, 2.45) is 0 Å². The van der Waals surface area contributed by atoms with E-state index < -0.39 is 5.82 Å². The molecule has 0 fully saturated rings. The molecule has 0 saturated carbocycles. The lowest BCUT2D eigenvalue weighted by molar-refractivity contribution is -0.115. The SMILES string of the molecule is CC(CCO)NCC(=O)Nc1ccccc1F. The summed E-state index contributed by atoms with van der Waals surface area (Å²) in [5.74, 6) is -0.760. The van der Waals surface area contributed by atoms with Crippen LogP contribution in [0.3, 0.4) is 0 Å². The molecule has 1 aromatic carbocycles. The number of aliphatic hydroxyl groups excluding tert-OH is 1. The Morgan fingerprint density at radius 3 is 2.82 bits per heavy atom. The summed E-state index contributed by atoms with van der Waals surface area (Å²) in [5.41, 5.74) is 0.175. The van der Waals surface area contributed by atoms with Gasteiger partial charge in [0.05, 0.1) is 12.2 Å². The van der Waals surface area contributed by atoms with Crippen LogP contribution in [0.25, 0.3) is 0 Å². The molecule has 1 unspecified atom stereocenters. The van der Waals surface area contributed by atoms with E-state index in [4.69, 9.17) is 5.11 Å². The van der Waals surface area contributed by atoms with E-state index in [1.807, 2.05) is 6.92 Å². The van der Waals surface area contributed by atoms with Gasteiger partial charge in [0.15, 0.2) is 0 Å². The Balaban J connectivity index is 2.37. The molecule has 3 N–H and O–H groups in total. The number of amides is 1. The van der Waals surface area contributed by atoms with Crippen molar-refractivity contribution in [2.45, 2.75) is 19.4 Å². The molecule has 4 nitrogen and oxygen atoms in total. The van der Waals surface area contributed by atoms with E-state index >= 15 is 0 Å². The second-order valence-electron chi connectivity index (χ2n) is 3.82. The van der Waals surface area contributed by atoms with Crippen LogP contribution < -0.4 is 10.6 Å². The number of nitrogens with one attached hydrogen (secondary N) is 2. The van der Waals surface area contributed by atoms with Crippen LogP contribution in [0.2, 0.25) is 0 Å². The highest BCUT2D eigenvalue weighted by Gasteiger charge is 2.07. The Hall–Kier alpha value is -1.46. The molecule has 1 amide bonds. The van der Waals surface area contributed by atoms with Crippen LogP contribution in [-0.4, -0.2) is 30.2 Å². The lowest BCUT2D eigenvalue weighted by atomic mass is 10.2. The maximum absolute atomic E-state index is 13.2. The number of rotatable bonds is 6. The van der Waals surface area contributed by atoms with Crippen molar-refractivity contribution in [3.63, 3.8) is 0 Å². The van der Waals surface area contributed by atoms with E-state index in [-0.39, 0.29) is 30.8 Å². The van der Waals surface area contributed by atoms with Gasteiger partial charge < -0.3 is 15.7 Å². The Labute approximate surface area is 99.8 Å². The molecule has 0 aromatic heterocycles. The molecule has 0 spiro atoms. The highest BCUT2D eigenvalue weighted by molar-refractivity contribution is 5.92. The van der Waals surface area contributed by atoms with Crippen LogP contribution in [0.5, 0.6) is 0 Å². The molecule has 0 aliphatic rings. The average Bonchev–Trinajstić information content (AvgIpc) is 2.30. The Morgan fingerprint density at radius 1 is 1.47 bits per heavy atom. The van der Waals surface area contributed by atoms with Crippen LogP contribution in [0, 0.1) is 5.82 Å². The Bertz CT molecular complexity index is 371. The molecule has 1 atom stereocenters. The summed E-state index contributed by atoms with van der Waals surface area (Å²) in [6, 6.07) is 6.06. The van der Waals surface area contributed by atoms with Crippen molar-refractivity contribution in [2.75, 3.05) is 18.5 Å². The normalized spacial score (nSPS) is 12.2. The van der Waals surface area contributed by atoms with Crippen molar-refractivity contribution in [3.05, 3.63) is 30.1 Å². The highest BCUT2D eigenvalue weighted by Crippen LogP contribution is 2.11. The molecule has 0 heterocycles. The molecule has 1 aromatic rings. The van der Waals surface area contributed by atoms with Gasteiger partial charge in [0, 0.05) is 12.6 Å². The number of para-hydroxylation sites is 1. The van der Waals surface area contributed by atoms with E-state index in [0.717, 1.165) is 0 Å². The summed E-state index contributed by atoms with van der Waals surface area (Å²) in [6.07, 6.45) is 0.576. The molecule has 0 saturated heterocycles. The number of benzene rings is 1. The fourth-order valence-corrected chi connectivity index (χ4v) is 1.32. The molecular weight excluding hydrogens is 223 g/mol. The van der Waals surface area contributed by atoms with Gasteiger partial charge in [0.1, 0.15) is 5.82 Å².